The Kier molecular flexibility index (Phi) is 2.45. The second-order valence-corrected chi connectivity index (χ2v) is 4.49. The Hall–Kier alpha value is -2.50. The first-order valence-corrected chi connectivity index (χ1v) is 5.89. The van der Waals surface area contributed by atoms with Crippen LogP contribution in [-0.2, 0) is 11.8 Å². The third-order valence-corrected chi connectivity index (χ3v) is 3.34. The lowest BCUT2D eigenvalue weighted by Crippen LogP contribution is -2.35. The molecule has 0 saturated carbocycles. The highest BCUT2D eigenvalue weighted by molar-refractivity contribution is 5.98. The van der Waals surface area contributed by atoms with E-state index in [9.17, 15) is 4.79 Å². The summed E-state index contributed by atoms with van der Waals surface area (Å²) in [4.78, 5) is 13.2. The number of carbonyl (C=O) groups is 1. The first kappa shape index (κ1) is 11.6. The van der Waals surface area contributed by atoms with E-state index in [1.54, 1.807) is 29.9 Å². The van der Waals surface area contributed by atoms with Gasteiger partial charge in [0.25, 0.3) is 5.91 Å². The normalized spacial score (nSPS) is 14.2. The van der Waals surface area contributed by atoms with Gasteiger partial charge in [-0.05, 0) is 17.7 Å². The lowest BCUT2D eigenvalue weighted by molar-refractivity contribution is -0.120. The van der Waals surface area contributed by atoms with Gasteiger partial charge >= 0.3 is 0 Å². The van der Waals surface area contributed by atoms with Crippen LogP contribution in [0.2, 0.25) is 0 Å². The van der Waals surface area contributed by atoms with Gasteiger partial charge < -0.3 is 15.4 Å². The molecule has 0 atom stereocenters. The number of rotatable bonds is 1. The molecule has 0 unspecified atom stereocenters. The molecule has 98 valence electrons. The van der Waals surface area contributed by atoms with E-state index in [2.05, 4.69) is 5.10 Å². The number of fused-ring (bicyclic) bond motifs is 1. The molecule has 1 aromatic carbocycles. The predicted molar refractivity (Wildman–Crippen MR) is 72.0 cm³/mol. The number of anilines is 2. The second-order valence-electron chi connectivity index (χ2n) is 4.49. The van der Waals surface area contributed by atoms with Gasteiger partial charge in [0.05, 0.1) is 11.9 Å². The molecule has 2 aromatic rings. The highest BCUT2D eigenvalue weighted by Gasteiger charge is 2.23. The number of hydrogen-bond acceptors (Lipinski definition) is 4. The van der Waals surface area contributed by atoms with Gasteiger partial charge in [-0.25, -0.2) is 0 Å². The average Bonchev–Trinajstić information content (AvgIpc) is 2.74. The van der Waals surface area contributed by atoms with Gasteiger partial charge in [0.1, 0.15) is 11.6 Å². The molecule has 0 saturated heterocycles. The van der Waals surface area contributed by atoms with Crippen molar-refractivity contribution in [1.29, 1.82) is 0 Å². The number of amides is 1. The summed E-state index contributed by atoms with van der Waals surface area (Å²) in [6.07, 6.45) is 1.71. The van der Waals surface area contributed by atoms with Gasteiger partial charge in [0, 0.05) is 19.7 Å². The Morgan fingerprint density at radius 2 is 2.16 bits per heavy atom. The molecule has 2 heterocycles. The number of hydrogen-bond donors (Lipinski definition) is 1. The third-order valence-electron chi connectivity index (χ3n) is 3.34. The minimum Gasteiger partial charge on any atom is -0.482 e. The first-order chi connectivity index (χ1) is 9.08. The zero-order valence-corrected chi connectivity index (χ0v) is 10.8. The van der Waals surface area contributed by atoms with Gasteiger partial charge in [-0.15, -0.1) is 0 Å². The lowest BCUT2D eigenvalue weighted by Gasteiger charge is -2.26. The number of aryl methyl sites for hydroxylation is 1. The van der Waals surface area contributed by atoms with Crippen LogP contribution < -0.4 is 15.4 Å². The van der Waals surface area contributed by atoms with Crippen LogP contribution in [0.1, 0.15) is 0 Å². The lowest BCUT2D eigenvalue weighted by atomic mass is 10.1. The number of carbonyl (C=O) groups excluding carboxylic acids is 1. The minimum absolute atomic E-state index is 0.0659. The average molecular weight is 258 g/mol. The fourth-order valence-electron chi connectivity index (χ4n) is 2.11. The molecule has 1 aromatic heterocycles. The molecule has 0 spiro atoms. The van der Waals surface area contributed by atoms with Crippen molar-refractivity contribution in [2.24, 2.45) is 7.05 Å². The van der Waals surface area contributed by atoms with Gasteiger partial charge in [0.2, 0.25) is 0 Å². The standard InChI is InChI=1S/C13H14N4O2/c1-16-10-5-8(9-6-15-17(2)13(9)14)3-4-11(10)19-7-12(16)18/h3-6H,7,14H2,1-2H3. The molecular weight excluding hydrogens is 244 g/mol. The Morgan fingerprint density at radius 1 is 1.37 bits per heavy atom. The van der Waals surface area contributed by atoms with Crippen LogP contribution in [0, 0.1) is 0 Å². The highest BCUT2D eigenvalue weighted by atomic mass is 16.5. The van der Waals surface area contributed by atoms with Crippen LogP contribution >= 0.6 is 0 Å². The Morgan fingerprint density at radius 3 is 2.84 bits per heavy atom. The van der Waals surface area contributed by atoms with Gasteiger partial charge in [-0.3, -0.25) is 9.48 Å². The van der Waals surface area contributed by atoms with Crippen LogP contribution in [0.25, 0.3) is 11.1 Å². The number of ether oxygens (including phenoxy) is 1. The molecule has 0 radical (unpaired) electrons. The second kappa shape index (κ2) is 4.01. The first-order valence-electron chi connectivity index (χ1n) is 5.89. The van der Waals surface area contributed by atoms with E-state index in [-0.39, 0.29) is 12.5 Å². The predicted octanol–water partition coefficient (Wildman–Crippen LogP) is 1.02. The van der Waals surface area contributed by atoms with Gasteiger partial charge in [-0.1, -0.05) is 6.07 Å². The summed E-state index contributed by atoms with van der Waals surface area (Å²) in [7, 11) is 3.52. The van der Waals surface area contributed by atoms with E-state index in [0.717, 1.165) is 16.8 Å². The molecule has 0 bridgehead atoms. The van der Waals surface area contributed by atoms with Crippen molar-refractivity contribution in [3.8, 4) is 16.9 Å². The number of nitrogen functional groups attached to an aromatic ring is 1. The number of nitrogens with two attached hydrogens (primary N) is 1. The largest absolute Gasteiger partial charge is 0.482 e. The topological polar surface area (TPSA) is 73.4 Å². The smallest absolute Gasteiger partial charge is 0.264 e. The fraction of sp³-hybridized carbons (Fsp3) is 0.231. The fourth-order valence-corrected chi connectivity index (χ4v) is 2.11. The quantitative estimate of drug-likeness (QED) is 0.829. The molecule has 1 aliphatic heterocycles. The van der Waals surface area contributed by atoms with Crippen LogP contribution in [0.5, 0.6) is 5.75 Å². The van der Waals surface area contributed by atoms with Crippen molar-refractivity contribution in [1.82, 2.24) is 9.78 Å². The highest BCUT2D eigenvalue weighted by Crippen LogP contribution is 2.36. The maximum atomic E-state index is 11.6. The SMILES string of the molecule is CN1C(=O)COc2ccc(-c3cnn(C)c3N)cc21. The summed E-state index contributed by atoms with van der Waals surface area (Å²) in [6, 6.07) is 5.65. The van der Waals surface area contributed by atoms with Crippen molar-refractivity contribution in [3.05, 3.63) is 24.4 Å². The molecule has 0 aliphatic carbocycles. The maximum absolute atomic E-state index is 11.6. The van der Waals surface area contributed by atoms with Crippen molar-refractivity contribution in [2.45, 2.75) is 0 Å². The summed E-state index contributed by atoms with van der Waals surface area (Å²) in [5, 5.41) is 4.12. The van der Waals surface area contributed by atoms with E-state index in [1.165, 1.54) is 0 Å². The number of benzene rings is 1. The summed E-state index contributed by atoms with van der Waals surface area (Å²) in [5.74, 6) is 1.22. The monoisotopic (exact) mass is 258 g/mol. The summed E-state index contributed by atoms with van der Waals surface area (Å²) >= 11 is 0. The zero-order valence-electron chi connectivity index (χ0n) is 10.8. The molecular formula is C13H14N4O2. The Labute approximate surface area is 110 Å². The van der Waals surface area contributed by atoms with E-state index in [1.807, 2.05) is 18.2 Å². The molecule has 6 heteroatoms. The van der Waals surface area contributed by atoms with E-state index >= 15 is 0 Å². The summed E-state index contributed by atoms with van der Waals surface area (Å²) in [6.45, 7) is 0.0812. The van der Waals surface area contributed by atoms with E-state index in [4.69, 9.17) is 10.5 Å². The summed E-state index contributed by atoms with van der Waals surface area (Å²) in [5.41, 5.74) is 8.46. The van der Waals surface area contributed by atoms with E-state index in [0.29, 0.717) is 11.6 Å². The Bertz CT molecular complexity index is 663. The van der Waals surface area contributed by atoms with Crippen LogP contribution in [0.3, 0.4) is 0 Å². The molecule has 1 aliphatic rings. The third kappa shape index (κ3) is 1.72. The van der Waals surface area contributed by atoms with Gasteiger partial charge in [0.15, 0.2) is 6.61 Å². The Balaban J connectivity index is 2.11. The van der Waals surface area contributed by atoms with Crippen LogP contribution in [-0.4, -0.2) is 29.3 Å². The number of nitrogens with zero attached hydrogens (tertiary/aromatic N) is 3. The van der Waals surface area contributed by atoms with Crippen molar-refractivity contribution in [2.75, 3.05) is 24.3 Å². The molecule has 19 heavy (non-hydrogen) atoms. The van der Waals surface area contributed by atoms with Crippen molar-refractivity contribution in [3.63, 3.8) is 0 Å². The van der Waals surface area contributed by atoms with Gasteiger partial charge in [-0.2, -0.15) is 5.10 Å². The molecule has 3 rings (SSSR count). The zero-order chi connectivity index (χ0) is 13.6. The molecule has 6 nitrogen and oxygen atoms in total. The van der Waals surface area contributed by atoms with E-state index < -0.39 is 0 Å². The molecule has 1 amide bonds. The maximum Gasteiger partial charge on any atom is 0.264 e. The molecule has 2 N–H and O–H groups in total. The number of aromatic nitrogens is 2. The van der Waals surface area contributed by atoms with Crippen LogP contribution in [0.4, 0.5) is 11.5 Å². The minimum atomic E-state index is -0.0659. The summed E-state index contributed by atoms with van der Waals surface area (Å²) < 4.78 is 7.00. The molecule has 0 fully saturated rings. The van der Waals surface area contributed by atoms with Crippen molar-refractivity contribution < 1.29 is 9.53 Å². The number of likely N-dealkylation sites (N-methyl/N-ethyl adjacent to an activating group) is 1. The van der Waals surface area contributed by atoms with Crippen molar-refractivity contribution >= 4 is 17.4 Å². The van der Waals surface area contributed by atoms with Crippen LogP contribution in [0.15, 0.2) is 24.4 Å².